The van der Waals surface area contributed by atoms with Crippen LogP contribution in [0.3, 0.4) is 0 Å². The van der Waals surface area contributed by atoms with Gasteiger partial charge in [-0.3, -0.25) is 19.6 Å². The van der Waals surface area contributed by atoms with E-state index in [-0.39, 0.29) is 36.2 Å². The summed E-state index contributed by atoms with van der Waals surface area (Å²) in [4.78, 5) is 48.1. The van der Waals surface area contributed by atoms with Gasteiger partial charge >= 0.3 is 6.03 Å². The fourth-order valence-electron chi connectivity index (χ4n) is 11.1. The van der Waals surface area contributed by atoms with E-state index >= 15 is 4.79 Å². The number of piperazine rings is 1. The van der Waals surface area contributed by atoms with Crippen molar-refractivity contribution >= 4 is 52.0 Å². The number of aromatic nitrogens is 5. The smallest absolute Gasteiger partial charge is 0.326 e. The van der Waals surface area contributed by atoms with Crippen molar-refractivity contribution in [1.29, 1.82) is 0 Å². The van der Waals surface area contributed by atoms with E-state index < -0.39 is 11.1 Å². The second-order valence-electron chi connectivity index (χ2n) is 22.7. The number of aliphatic imine (C=N–C) groups is 1. The maximum absolute atomic E-state index is 15.5. The van der Waals surface area contributed by atoms with Crippen molar-refractivity contribution < 1.29 is 37.7 Å². The zero-order valence-electron chi connectivity index (χ0n) is 49.2. The highest BCUT2D eigenvalue weighted by Gasteiger charge is 2.60. The maximum atomic E-state index is 15.5. The summed E-state index contributed by atoms with van der Waals surface area (Å²) in [5, 5.41) is 6.47. The third-order valence-electron chi connectivity index (χ3n) is 16.1. The number of rotatable bonds is 24. The topological polar surface area (TPSA) is 154 Å². The number of aromatic amines is 1. The van der Waals surface area contributed by atoms with Crippen LogP contribution in [0.25, 0.3) is 33.3 Å². The van der Waals surface area contributed by atoms with Crippen LogP contribution in [0, 0.1) is 5.82 Å². The molecule has 10 rings (SSSR count). The molecule has 0 aliphatic carbocycles. The first-order valence-corrected chi connectivity index (χ1v) is 29.8. The Kier molecular flexibility index (Phi) is 19.3. The molecule has 85 heavy (non-hydrogen) atoms. The minimum absolute atomic E-state index is 0.134. The Labute approximate surface area is 506 Å². The normalized spacial score (nSPS) is 17.5. The van der Waals surface area contributed by atoms with Gasteiger partial charge in [-0.25, -0.2) is 18.9 Å². The summed E-state index contributed by atoms with van der Waals surface area (Å²) in [6.07, 6.45) is 11.2. The number of carbonyl (C=O) groups is 2. The first-order chi connectivity index (χ1) is 41.0. The molecule has 19 heteroatoms. The van der Waals surface area contributed by atoms with Crippen LogP contribution in [0.15, 0.2) is 145 Å². The summed E-state index contributed by atoms with van der Waals surface area (Å²) >= 11 is 13.0. The molecular weight excluding hydrogens is 1120 g/mol. The van der Waals surface area contributed by atoms with Crippen LogP contribution in [0.5, 0.6) is 5.75 Å². The van der Waals surface area contributed by atoms with Crippen LogP contribution in [-0.2, 0) is 42.0 Å². The summed E-state index contributed by atoms with van der Waals surface area (Å²) in [5.74, 6) is 0.760. The van der Waals surface area contributed by atoms with Gasteiger partial charge in [-0.2, -0.15) is 5.10 Å². The number of ether oxygens (including phenoxy) is 5. The zero-order chi connectivity index (χ0) is 59.7. The molecule has 6 heterocycles. The van der Waals surface area contributed by atoms with Gasteiger partial charge in [0, 0.05) is 108 Å². The molecule has 0 spiro atoms. The lowest BCUT2D eigenvalue weighted by atomic mass is 9.71. The Balaban J connectivity index is 0.636. The highest BCUT2D eigenvalue weighted by molar-refractivity contribution is 6.30. The van der Waals surface area contributed by atoms with Gasteiger partial charge in [0.15, 0.2) is 0 Å². The summed E-state index contributed by atoms with van der Waals surface area (Å²) in [6.45, 7) is 19.9. The first kappa shape index (κ1) is 60.9. The van der Waals surface area contributed by atoms with Gasteiger partial charge in [-0.15, -0.1) is 0 Å². The number of benzene rings is 4. The molecule has 0 radical (unpaired) electrons. The predicted molar refractivity (Wildman–Crippen MR) is 330 cm³/mol. The fraction of sp³-hybridized carbons (Fsp3) is 0.379. The van der Waals surface area contributed by atoms with Crippen LogP contribution in [0.4, 0.5) is 9.18 Å². The van der Waals surface area contributed by atoms with Crippen molar-refractivity contribution in [3.05, 3.63) is 184 Å². The van der Waals surface area contributed by atoms with Gasteiger partial charge in [-0.05, 0) is 109 Å². The number of fused-ring (bicyclic) bond motifs is 1. The van der Waals surface area contributed by atoms with Crippen molar-refractivity contribution in [2.45, 2.75) is 71.0 Å². The molecule has 0 saturated carbocycles. The van der Waals surface area contributed by atoms with E-state index in [1.807, 2.05) is 113 Å². The number of urea groups is 1. The minimum atomic E-state index is -1.02. The highest BCUT2D eigenvalue weighted by Crippen LogP contribution is 2.54. The standard InChI is InChI=1S/C66H74Cl2FN9O7/c1-7-85-59-39-52(64(2,3)4)15-20-56(59)62-73-65(5,50-11-16-53(67)17-12-50)66(6,51-13-18-54(68)19-14-51)78(62)63(80)76-26-24-74(25-27-76)28-30-82-32-34-84-36-35-83-33-31-81-29-22-60(79)77-45-49(41-72-77)48-38-57-58(42-71-61(57)70-40-48)47-21-23-75(44-47)43-46-9-8-10-55(69)37-46/h8-21,23,37-42,44-45H,7,22,24-36,43H2,1-6H3,(H,70,71)/t65-,66+/m1/s1. The summed E-state index contributed by atoms with van der Waals surface area (Å²) in [5.41, 5.74) is 6.73. The number of hydrogen-bond donors (Lipinski definition) is 1. The molecular formula is C66H74Cl2FN9O7. The lowest BCUT2D eigenvalue weighted by Gasteiger charge is -2.47. The van der Waals surface area contributed by atoms with Gasteiger partial charge in [0.25, 0.3) is 0 Å². The number of H-pyrrole nitrogens is 1. The van der Waals surface area contributed by atoms with Gasteiger partial charge < -0.3 is 38.1 Å². The molecule has 4 aromatic heterocycles. The van der Waals surface area contributed by atoms with E-state index in [4.69, 9.17) is 51.9 Å². The molecule has 1 saturated heterocycles. The molecule has 1 N–H and O–H groups in total. The largest absolute Gasteiger partial charge is 0.493 e. The molecule has 4 aromatic carbocycles. The summed E-state index contributed by atoms with van der Waals surface area (Å²) < 4.78 is 46.6. The number of pyridine rings is 1. The molecule has 0 unspecified atom stereocenters. The van der Waals surface area contributed by atoms with Gasteiger partial charge in [0.05, 0.1) is 77.6 Å². The Morgan fingerprint density at radius 3 is 2.06 bits per heavy atom. The highest BCUT2D eigenvalue weighted by atomic mass is 35.5. The number of nitrogens with zero attached hydrogens (tertiary/aromatic N) is 8. The van der Waals surface area contributed by atoms with Gasteiger partial charge in [-0.1, -0.05) is 86.4 Å². The average molecular weight is 1200 g/mol. The van der Waals surface area contributed by atoms with E-state index in [9.17, 15) is 9.18 Å². The molecule has 2 aliphatic heterocycles. The minimum Gasteiger partial charge on any atom is -0.493 e. The number of nitrogens with one attached hydrogen (secondary N) is 1. The third-order valence-corrected chi connectivity index (χ3v) is 16.6. The summed E-state index contributed by atoms with van der Waals surface area (Å²) in [6, 6.07) is 32.2. The second-order valence-corrected chi connectivity index (χ2v) is 23.6. The lowest BCUT2D eigenvalue weighted by Crippen LogP contribution is -2.60. The van der Waals surface area contributed by atoms with E-state index in [0.29, 0.717) is 107 Å². The maximum Gasteiger partial charge on any atom is 0.326 e. The van der Waals surface area contributed by atoms with E-state index in [2.05, 4.69) is 66.7 Å². The third kappa shape index (κ3) is 13.9. The van der Waals surface area contributed by atoms with Crippen LogP contribution >= 0.6 is 23.2 Å². The van der Waals surface area contributed by atoms with E-state index in [1.54, 1.807) is 30.7 Å². The lowest BCUT2D eigenvalue weighted by molar-refractivity contribution is -0.00511. The molecule has 2 atom stereocenters. The van der Waals surface area contributed by atoms with Gasteiger partial charge in [0.2, 0.25) is 5.91 Å². The van der Waals surface area contributed by atoms with E-state index in [1.165, 1.54) is 10.7 Å². The predicted octanol–water partition coefficient (Wildman–Crippen LogP) is 12.5. The number of amides is 2. The second kappa shape index (κ2) is 27.0. The Morgan fingerprint density at radius 1 is 0.718 bits per heavy atom. The monoisotopic (exact) mass is 1190 g/mol. The number of hydrogen-bond acceptors (Lipinski definition) is 11. The van der Waals surface area contributed by atoms with Crippen molar-refractivity contribution in [2.24, 2.45) is 4.99 Å². The molecule has 16 nitrogen and oxygen atoms in total. The summed E-state index contributed by atoms with van der Waals surface area (Å²) in [7, 11) is 0. The van der Waals surface area contributed by atoms with Crippen molar-refractivity contribution in [2.75, 3.05) is 92.2 Å². The SMILES string of the molecule is CCOc1cc(C(C)(C)C)ccc1C1=N[C@](C)(c2ccc(Cl)cc2)[C@](C)(c2ccc(Cl)cc2)N1C(=O)N1CCN(CCOCCOCCOCCOCCC(=O)n2cc(-c3cnc4[nH]cc(-c5ccn(Cc6cccc(F)c6)c5)c4c3)cn2)CC1. The van der Waals surface area contributed by atoms with Gasteiger partial charge in [0.1, 0.15) is 34.1 Å². The van der Waals surface area contributed by atoms with Crippen LogP contribution in [0.2, 0.25) is 10.0 Å². The molecule has 2 amide bonds. The van der Waals surface area contributed by atoms with E-state index in [0.717, 1.165) is 67.6 Å². The molecule has 1 fully saturated rings. The fourth-order valence-corrected chi connectivity index (χ4v) is 11.4. The Bertz CT molecular complexity index is 3610. The Morgan fingerprint density at radius 2 is 1.39 bits per heavy atom. The van der Waals surface area contributed by atoms with Crippen LogP contribution < -0.4 is 4.74 Å². The molecule has 2 aliphatic rings. The number of halogens is 3. The molecule has 446 valence electrons. The molecule has 0 bridgehead atoms. The van der Waals surface area contributed by atoms with Crippen molar-refractivity contribution in [3.63, 3.8) is 0 Å². The molecule has 8 aromatic rings. The van der Waals surface area contributed by atoms with Crippen molar-refractivity contribution in [3.8, 4) is 28.0 Å². The van der Waals surface area contributed by atoms with Crippen LogP contribution in [0.1, 0.15) is 80.6 Å². The quantitative estimate of drug-likeness (QED) is 0.0578. The van der Waals surface area contributed by atoms with Crippen molar-refractivity contribution in [1.82, 2.24) is 39.0 Å². The van der Waals surface area contributed by atoms with Crippen LogP contribution in [-0.4, -0.2) is 149 Å². The zero-order valence-corrected chi connectivity index (χ0v) is 50.7. The Hall–Kier alpha value is -7.22. The first-order valence-electron chi connectivity index (χ1n) is 29.0. The number of amidine groups is 1. The number of carbonyl (C=O) groups excluding carboxylic acids is 2. The average Bonchev–Trinajstić information content (AvgIpc) is 1.58.